The lowest BCUT2D eigenvalue weighted by molar-refractivity contribution is -0.247. The molecule has 1 heterocycles. The van der Waals surface area contributed by atoms with Gasteiger partial charge in [0.2, 0.25) is 5.54 Å². The summed E-state index contributed by atoms with van der Waals surface area (Å²) in [6.07, 6.45) is -4.45. The number of hydrogen-bond donors (Lipinski definition) is 0. The van der Waals surface area contributed by atoms with Crippen LogP contribution in [0.5, 0.6) is 0 Å². The fourth-order valence-electron chi connectivity index (χ4n) is 2.47. The minimum atomic E-state index is -4.68. The first-order valence-electron chi connectivity index (χ1n) is 6.36. The van der Waals surface area contributed by atoms with Gasteiger partial charge in [-0.3, -0.25) is 4.90 Å². The molecule has 0 amide bonds. The molecule has 1 unspecified atom stereocenters. The number of carbonyl (C=O) groups is 1. The molecule has 1 aromatic carbocycles. The van der Waals surface area contributed by atoms with Crippen molar-refractivity contribution in [1.82, 2.24) is 4.90 Å². The predicted molar refractivity (Wildman–Crippen MR) is 67.1 cm³/mol. The Balaban J connectivity index is 2.43. The molecule has 0 saturated carbocycles. The minimum absolute atomic E-state index is 0.251. The average molecular weight is 287 g/mol. The first-order chi connectivity index (χ1) is 9.41. The molecule has 6 heteroatoms. The largest absolute Gasteiger partial charge is 0.467 e. The normalized spacial score (nSPS) is 19.0. The monoisotopic (exact) mass is 287 g/mol. The standard InChI is InChI=1S/C14H16F3NO2/c1-20-12(19)13(14(15,16)17,18-8-5-9-18)10-11-6-3-2-4-7-11/h2-4,6-7H,5,8-10H2,1H3. The molecule has 1 aromatic rings. The first kappa shape index (κ1) is 14.8. The second kappa shape index (κ2) is 5.44. The number of esters is 1. The maximum absolute atomic E-state index is 13.6. The number of likely N-dealkylation sites (tertiary alicyclic amines) is 1. The van der Waals surface area contributed by atoms with Crippen LogP contribution < -0.4 is 0 Å². The number of alkyl halides is 3. The Morgan fingerprint density at radius 2 is 1.85 bits per heavy atom. The Bertz CT molecular complexity index is 471. The van der Waals surface area contributed by atoms with Gasteiger partial charge in [0.1, 0.15) is 0 Å². The lowest BCUT2D eigenvalue weighted by atomic mass is 9.85. The van der Waals surface area contributed by atoms with Crippen LogP contribution in [-0.4, -0.2) is 42.8 Å². The Kier molecular flexibility index (Phi) is 4.04. The van der Waals surface area contributed by atoms with Crippen molar-refractivity contribution in [3.8, 4) is 0 Å². The highest BCUT2D eigenvalue weighted by Gasteiger charge is 2.65. The van der Waals surface area contributed by atoms with Crippen LogP contribution in [0.25, 0.3) is 0 Å². The van der Waals surface area contributed by atoms with Crippen molar-refractivity contribution in [1.29, 1.82) is 0 Å². The van der Waals surface area contributed by atoms with Crippen LogP contribution in [0.15, 0.2) is 30.3 Å². The number of methoxy groups -OCH3 is 1. The molecule has 1 atom stereocenters. The van der Waals surface area contributed by atoms with Gasteiger partial charge in [-0.2, -0.15) is 13.2 Å². The summed E-state index contributed by atoms with van der Waals surface area (Å²) in [7, 11) is 0.994. The molecule has 110 valence electrons. The van der Waals surface area contributed by atoms with E-state index >= 15 is 0 Å². The molecule has 0 N–H and O–H groups in total. The Hall–Kier alpha value is -1.56. The zero-order chi connectivity index (χ0) is 14.8. The van der Waals surface area contributed by atoms with Crippen LogP contribution in [0.4, 0.5) is 13.2 Å². The van der Waals surface area contributed by atoms with Gasteiger partial charge in [-0.15, -0.1) is 0 Å². The highest BCUT2D eigenvalue weighted by atomic mass is 19.4. The molecule has 20 heavy (non-hydrogen) atoms. The van der Waals surface area contributed by atoms with Gasteiger partial charge in [-0.05, 0) is 12.0 Å². The van der Waals surface area contributed by atoms with Crippen LogP contribution in [0.1, 0.15) is 12.0 Å². The molecule has 1 saturated heterocycles. The molecule has 1 fully saturated rings. The van der Waals surface area contributed by atoms with E-state index in [0.717, 1.165) is 12.0 Å². The summed E-state index contributed by atoms with van der Waals surface area (Å²) in [5.74, 6) is -1.24. The van der Waals surface area contributed by atoms with Crippen molar-refractivity contribution in [2.45, 2.75) is 24.6 Å². The van der Waals surface area contributed by atoms with E-state index in [4.69, 9.17) is 0 Å². The second-order valence-corrected chi connectivity index (χ2v) is 4.85. The van der Waals surface area contributed by atoms with Crippen molar-refractivity contribution in [3.63, 3.8) is 0 Å². The summed E-state index contributed by atoms with van der Waals surface area (Å²) >= 11 is 0. The fraction of sp³-hybridized carbons (Fsp3) is 0.500. The maximum Gasteiger partial charge on any atom is 0.417 e. The van der Waals surface area contributed by atoms with E-state index in [0.29, 0.717) is 12.0 Å². The molecule has 0 aromatic heterocycles. The van der Waals surface area contributed by atoms with Crippen LogP contribution >= 0.6 is 0 Å². The van der Waals surface area contributed by atoms with E-state index in [9.17, 15) is 18.0 Å². The van der Waals surface area contributed by atoms with Gasteiger partial charge >= 0.3 is 12.1 Å². The third kappa shape index (κ3) is 2.40. The third-order valence-electron chi connectivity index (χ3n) is 3.69. The molecule has 3 nitrogen and oxygen atoms in total. The van der Waals surface area contributed by atoms with Gasteiger partial charge in [-0.25, -0.2) is 4.79 Å². The third-order valence-corrected chi connectivity index (χ3v) is 3.69. The maximum atomic E-state index is 13.6. The van der Waals surface area contributed by atoms with Gasteiger partial charge in [0, 0.05) is 19.5 Å². The first-order valence-corrected chi connectivity index (χ1v) is 6.36. The van der Waals surface area contributed by atoms with E-state index in [1.54, 1.807) is 30.3 Å². The van der Waals surface area contributed by atoms with Gasteiger partial charge in [-0.1, -0.05) is 30.3 Å². The van der Waals surface area contributed by atoms with Crippen LogP contribution in [0.2, 0.25) is 0 Å². The predicted octanol–water partition coefficient (Wildman–Crippen LogP) is 2.41. The zero-order valence-electron chi connectivity index (χ0n) is 11.1. The van der Waals surface area contributed by atoms with Crippen LogP contribution in [-0.2, 0) is 16.0 Å². The van der Waals surface area contributed by atoms with E-state index in [1.165, 1.54) is 0 Å². The number of rotatable bonds is 4. The van der Waals surface area contributed by atoms with E-state index in [1.807, 2.05) is 0 Å². The average Bonchev–Trinajstić information content (AvgIpc) is 2.34. The molecule has 0 bridgehead atoms. The molecule has 0 aliphatic carbocycles. The smallest absolute Gasteiger partial charge is 0.417 e. The Morgan fingerprint density at radius 3 is 2.25 bits per heavy atom. The Labute approximate surface area is 115 Å². The fourth-order valence-corrected chi connectivity index (χ4v) is 2.47. The lowest BCUT2D eigenvalue weighted by Crippen LogP contribution is -2.69. The second-order valence-electron chi connectivity index (χ2n) is 4.85. The highest BCUT2D eigenvalue weighted by molar-refractivity contribution is 5.82. The van der Waals surface area contributed by atoms with E-state index in [2.05, 4.69) is 4.74 Å². The number of halogens is 3. The number of hydrogen-bond acceptors (Lipinski definition) is 3. The lowest BCUT2D eigenvalue weighted by Gasteiger charge is -2.47. The zero-order valence-corrected chi connectivity index (χ0v) is 11.1. The summed E-state index contributed by atoms with van der Waals surface area (Å²) < 4.78 is 45.4. The van der Waals surface area contributed by atoms with Crippen molar-refractivity contribution < 1.29 is 22.7 Å². The van der Waals surface area contributed by atoms with Gasteiger partial charge in [0.25, 0.3) is 0 Å². The summed E-state index contributed by atoms with van der Waals surface area (Å²) in [5, 5.41) is 0. The quantitative estimate of drug-likeness (QED) is 0.796. The molecule has 2 rings (SSSR count). The topological polar surface area (TPSA) is 29.5 Å². The van der Waals surface area contributed by atoms with Gasteiger partial charge in [0.15, 0.2) is 0 Å². The van der Waals surface area contributed by atoms with E-state index < -0.39 is 24.1 Å². The number of benzene rings is 1. The molecular weight excluding hydrogens is 271 g/mol. The SMILES string of the molecule is COC(=O)C(Cc1ccccc1)(N1CCC1)C(F)(F)F. The number of carbonyl (C=O) groups excluding carboxylic acids is 1. The van der Waals surface area contributed by atoms with E-state index in [-0.39, 0.29) is 13.1 Å². The van der Waals surface area contributed by atoms with Gasteiger partial charge in [0.05, 0.1) is 7.11 Å². The summed E-state index contributed by atoms with van der Waals surface area (Å²) in [5.41, 5.74) is -2.12. The molecule has 1 aliphatic heterocycles. The van der Waals surface area contributed by atoms with Crippen molar-refractivity contribution in [3.05, 3.63) is 35.9 Å². The summed E-state index contributed by atoms with van der Waals surface area (Å²) in [4.78, 5) is 13.1. The van der Waals surface area contributed by atoms with Crippen LogP contribution in [0.3, 0.4) is 0 Å². The molecule has 1 aliphatic rings. The Morgan fingerprint density at radius 1 is 1.25 bits per heavy atom. The van der Waals surface area contributed by atoms with Crippen molar-refractivity contribution in [2.24, 2.45) is 0 Å². The van der Waals surface area contributed by atoms with Crippen molar-refractivity contribution in [2.75, 3.05) is 20.2 Å². The minimum Gasteiger partial charge on any atom is -0.467 e. The summed E-state index contributed by atoms with van der Waals surface area (Å²) in [6, 6.07) is 8.21. The van der Waals surface area contributed by atoms with Crippen molar-refractivity contribution >= 4 is 5.97 Å². The number of nitrogens with zero attached hydrogens (tertiary/aromatic N) is 1. The van der Waals surface area contributed by atoms with Gasteiger partial charge < -0.3 is 4.74 Å². The molecular formula is C14H16F3NO2. The summed E-state index contributed by atoms with van der Waals surface area (Å²) in [6.45, 7) is 0.503. The highest BCUT2D eigenvalue weighted by Crippen LogP contribution is 2.41. The molecule has 0 spiro atoms. The number of ether oxygens (including phenoxy) is 1. The van der Waals surface area contributed by atoms with Crippen LogP contribution in [0, 0.1) is 0 Å². The molecule has 0 radical (unpaired) electrons.